The molecule has 8 heteroatoms. The van der Waals surface area contributed by atoms with Crippen molar-refractivity contribution in [3.05, 3.63) is 28.2 Å². The molecule has 1 aliphatic heterocycles. The van der Waals surface area contributed by atoms with Crippen LogP contribution in [0.4, 0.5) is 0 Å². The number of sulfonamides is 1. The molecule has 1 aromatic rings. The van der Waals surface area contributed by atoms with Crippen molar-refractivity contribution in [2.75, 3.05) is 26.2 Å². The molecule has 0 radical (unpaired) electrons. The van der Waals surface area contributed by atoms with Gasteiger partial charge in [-0.2, -0.15) is 4.31 Å². The first kappa shape index (κ1) is 20.9. The van der Waals surface area contributed by atoms with Crippen molar-refractivity contribution in [3.8, 4) is 0 Å². The Morgan fingerprint density at radius 2 is 2.00 bits per heavy atom. The fourth-order valence-electron chi connectivity index (χ4n) is 2.50. The first-order valence-corrected chi connectivity index (χ1v) is 9.76. The standard InChI is InChI=1S/C15H23BrN2O3S.ClH/c1-12-11-14(3-4-15(12)16)22(19,20)18-8-5-13(6-9-18)21-10-2-7-17;/h3-4,11,13H,2,5-10,17H2,1H3;1H. The van der Waals surface area contributed by atoms with Gasteiger partial charge in [0.2, 0.25) is 10.0 Å². The summed E-state index contributed by atoms with van der Waals surface area (Å²) in [4.78, 5) is 0.357. The van der Waals surface area contributed by atoms with Gasteiger partial charge in [0.15, 0.2) is 0 Å². The predicted octanol–water partition coefficient (Wildman–Crippen LogP) is 2.70. The average molecular weight is 428 g/mol. The molecule has 1 aliphatic rings. The van der Waals surface area contributed by atoms with Gasteiger partial charge < -0.3 is 10.5 Å². The minimum Gasteiger partial charge on any atom is -0.378 e. The zero-order chi connectivity index (χ0) is 16.2. The lowest BCUT2D eigenvalue weighted by Gasteiger charge is -2.31. The number of hydrogen-bond acceptors (Lipinski definition) is 4. The Labute approximate surface area is 153 Å². The molecule has 0 spiro atoms. The highest BCUT2D eigenvalue weighted by Gasteiger charge is 2.29. The van der Waals surface area contributed by atoms with Crippen LogP contribution < -0.4 is 5.73 Å². The van der Waals surface area contributed by atoms with Gasteiger partial charge in [0, 0.05) is 24.2 Å². The van der Waals surface area contributed by atoms with E-state index in [0.717, 1.165) is 29.3 Å². The van der Waals surface area contributed by atoms with E-state index < -0.39 is 10.0 Å². The van der Waals surface area contributed by atoms with Gasteiger partial charge in [0.1, 0.15) is 0 Å². The van der Waals surface area contributed by atoms with Crippen molar-refractivity contribution in [2.45, 2.75) is 37.2 Å². The molecule has 1 aromatic carbocycles. The number of halogens is 2. The molecule has 2 rings (SSSR count). The molecule has 2 N–H and O–H groups in total. The third kappa shape index (κ3) is 5.41. The second-order valence-electron chi connectivity index (χ2n) is 5.53. The summed E-state index contributed by atoms with van der Waals surface area (Å²) in [6.07, 6.45) is 2.46. The quantitative estimate of drug-likeness (QED) is 0.708. The smallest absolute Gasteiger partial charge is 0.243 e. The third-order valence-electron chi connectivity index (χ3n) is 3.87. The van der Waals surface area contributed by atoms with E-state index in [4.69, 9.17) is 10.5 Å². The predicted molar refractivity (Wildman–Crippen MR) is 97.5 cm³/mol. The van der Waals surface area contributed by atoms with E-state index in [1.807, 2.05) is 6.92 Å². The molecule has 0 amide bonds. The fourth-order valence-corrected chi connectivity index (χ4v) is 4.30. The highest BCUT2D eigenvalue weighted by molar-refractivity contribution is 9.10. The molecule has 0 saturated carbocycles. The molecule has 1 fully saturated rings. The maximum atomic E-state index is 12.7. The molecule has 0 aliphatic carbocycles. The van der Waals surface area contributed by atoms with Crippen LogP contribution in [0.1, 0.15) is 24.8 Å². The molecule has 132 valence electrons. The maximum Gasteiger partial charge on any atom is 0.243 e. The number of hydrogen-bond donors (Lipinski definition) is 1. The SMILES string of the molecule is Cc1cc(S(=O)(=O)N2CCC(OCCCN)CC2)ccc1Br.Cl. The summed E-state index contributed by atoms with van der Waals surface area (Å²) in [5.74, 6) is 0. The van der Waals surface area contributed by atoms with Crippen molar-refractivity contribution in [2.24, 2.45) is 5.73 Å². The zero-order valence-electron chi connectivity index (χ0n) is 13.2. The van der Waals surface area contributed by atoms with Gasteiger partial charge in [-0.15, -0.1) is 12.4 Å². The largest absolute Gasteiger partial charge is 0.378 e. The summed E-state index contributed by atoms with van der Waals surface area (Å²) in [5.41, 5.74) is 6.36. The molecule has 23 heavy (non-hydrogen) atoms. The maximum absolute atomic E-state index is 12.7. The molecule has 0 aromatic heterocycles. The number of nitrogens with zero attached hydrogens (tertiary/aromatic N) is 1. The summed E-state index contributed by atoms with van der Waals surface area (Å²) >= 11 is 3.40. The Hall–Kier alpha value is -0.180. The van der Waals surface area contributed by atoms with Gasteiger partial charge in [-0.3, -0.25) is 0 Å². The lowest BCUT2D eigenvalue weighted by atomic mass is 10.1. The van der Waals surface area contributed by atoms with Crippen molar-refractivity contribution in [1.82, 2.24) is 4.31 Å². The van der Waals surface area contributed by atoms with Crippen LogP contribution in [0.3, 0.4) is 0 Å². The van der Waals surface area contributed by atoms with Gasteiger partial charge >= 0.3 is 0 Å². The van der Waals surface area contributed by atoms with E-state index in [0.29, 0.717) is 31.1 Å². The second-order valence-corrected chi connectivity index (χ2v) is 8.32. The second kappa shape index (κ2) is 9.34. The first-order valence-electron chi connectivity index (χ1n) is 7.53. The molecule has 1 heterocycles. The van der Waals surface area contributed by atoms with Crippen LogP contribution in [-0.4, -0.2) is 45.1 Å². The number of ether oxygens (including phenoxy) is 1. The molecular formula is C15H24BrClN2O3S. The topological polar surface area (TPSA) is 72.6 Å². The average Bonchev–Trinajstić information content (AvgIpc) is 2.51. The highest BCUT2D eigenvalue weighted by Crippen LogP contribution is 2.25. The summed E-state index contributed by atoms with van der Waals surface area (Å²) in [5, 5.41) is 0. The third-order valence-corrected chi connectivity index (χ3v) is 6.65. The lowest BCUT2D eigenvalue weighted by molar-refractivity contribution is 0.0209. The molecule has 1 saturated heterocycles. The van der Waals surface area contributed by atoms with Crippen molar-refractivity contribution in [1.29, 1.82) is 0 Å². The Bertz CT molecular complexity index is 605. The van der Waals surface area contributed by atoms with E-state index >= 15 is 0 Å². The lowest BCUT2D eigenvalue weighted by Crippen LogP contribution is -2.41. The minimum absolute atomic E-state index is 0. The number of benzene rings is 1. The van der Waals surface area contributed by atoms with E-state index in [-0.39, 0.29) is 18.5 Å². The fraction of sp³-hybridized carbons (Fsp3) is 0.600. The number of aryl methyl sites for hydroxylation is 1. The van der Waals surface area contributed by atoms with Gasteiger partial charge in [-0.1, -0.05) is 15.9 Å². The van der Waals surface area contributed by atoms with Crippen LogP contribution in [0.5, 0.6) is 0 Å². The summed E-state index contributed by atoms with van der Waals surface area (Å²) < 4.78 is 33.5. The van der Waals surface area contributed by atoms with Crippen LogP contribution in [0.2, 0.25) is 0 Å². The summed E-state index contributed by atoms with van der Waals surface area (Å²) in [6.45, 7) is 4.17. The number of rotatable bonds is 6. The Kier molecular flexibility index (Phi) is 8.47. The summed E-state index contributed by atoms with van der Waals surface area (Å²) in [7, 11) is -3.41. The van der Waals surface area contributed by atoms with E-state index in [2.05, 4.69) is 15.9 Å². The van der Waals surface area contributed by atoms with Crippen molar-refractivity contribution in [3.63, 3.8) is 0 Å². The highest BCUT2D eigenvalue weighted by atomic mass is 79.9. The van der Waals surface area contributed by atoms with Crippen molar-refractivity contribution < 1.29 is 13.2 Å². The molecule has 0 unspecified atom stereocenters. The van der Waals surface area contributed by atoms with Gasteiger partial charge in [0.05, 0.1) is 11.0 Å². The van der Waals surface area contributed by atoms with Crippen LogP contribution in [0.25, 0.3) is 0 Å². The minimum atomic E-state index is -3.41. The molecule has 5 nitrogen and oxygen atoms in total. The van der Waals surface area contributed by atoms with Gasteiger partial charge in [-0.05, 0) is 56.5 Å². The van der Waals surface area contributed by atoms with E-state index in [1.165, 1.54) is 0 Å². The Morgan fingerprint density at radius 1 is 1.35 bits per heavy atom. The van der Waals surface area contributed by atoms with Crippen LogP contribution in [-0.2, 0) is 14.8 Å². The van der Waals surface area contributed by atoms with E-state index in [9.17, 15) is 8.42 Å². The van der Waals surface area contributed by atoms with Crippen LogP contribution in [0, 0.1) is 6.92 Å². The first-order chi connectivity index (χ1) is 10.4. The molecule has 0 bridgehead atoms. The van der Waals surface area contributed by atoms with Gasteiger partial charge in [-0.25, -0.2) is 8.42 Å². The molecular weight excluding hydrogens is 404 g/mol. The summed E-state index contributed by atoms with van der Waals surface area (Å²) in [6, 6.07) is 5.14. The van der Waals surface area contributed by atoms with Gasteiger partial charge in [0.25, 0.3) is 0 Å². The Balaban J connectivity index is 0.00000264. The van der Waals surface area contributed by atoms with Crippen LogP contribution >= 0.6 is 28.3 Å². The Morgan fingerprint density at radius 3 is 2.57 bits per heavy atom. The zero-order valence-corrected chi connectivity index (χ0v) is 16.4. The normalized spacial score (nSPS) is 17.0. The molecule has 0 atom stereocenters. The van der Waals surface area contributed by atoms with Crippen molar-refractivity contribution >= 4 is 38.4 Å². The number of piperidine rings is 1. The van der Waals surface area contributed by atoms with Crippen LogP contribution in [0.15, 0.2) is 27.6 Å². The van der Waals surface area contributed by atoms with E-state index in [1.54, 1.807) is 22.5 Å². The number of nitrogens with two attached hydrogens (primary N) is 1. The monoisotopic (exact) mass is 426 g/mol.